The molecule has 2 nitrogen and oxygen atoms in total. The number of hydrogen-bond donors (Lipinski definition) is 1. The molecular formula is C10H12FNO. The van der Waals surface area contributed by atoms with Gasteiger partial charge in [-0.05, 0) is 13.0 Å². The number of fused-ring (bicyclic) bond motifs is 1. The Hall–Kier alpha value is -1.09. The Balaban J connectivity index is 2.32. The van der Waals surface area contributed by atoms with E-state index in [0.717, 1.165) is 0 Å². The molecule has 0 fully saturated rings. The first kappa shape index (κ1) is 8.51. The van der Waals surface area contributed by atoms with E-state index in [1.807, 2.05) is 6.07 Å². The predicted molar refractivity (Wildman–Crippen MR) is 48.4 cm³/mol. The van der Waals surface area contributed by atoms with Crippen LogP contribution in [0.15, 0.2) is 24.3 Å². The van der Waals surface area contributed by atoms with Gasteiger partial charge in [0.25, 0.3) is 0 Å². The standard InChI is InChI=1S/C10H12FNO/c1-6(12)10-9(11)7-4-2-3-5-8(7)13-10/h2-6,9-10H,12H2,1H3. The maximum atomic E-state index is 13.6. The van der Waals surface area contributed by atoms with Gasteiger partial charge >= 0.3 is 0 Å². The van der Waals surface area contributed by atoms with Crippen LogP contribution in [0.25, 0.3) is 0 Å². The van der Waals surface area contributed by atoms with Crippen LogP contribution in [0.5, 0.6) is 5.75 Å². The molecule has 1 heterocycles. The van der Waals surface area contributed by atoms with Crippen molar-refractivity contribution in [2.45, 2.75) is 25.2 Å². The number of ether oxygens (including phenoxy) is 1. The largest absolute Gasteiger partial charge is 0.485 e. The lowest BCUT2D eigenvalue weighted by molar-refractivity contribution is 0.118. The van der Waals surface area contributed by atoms with Crippen LogP contribution < -0.4 is 10.5 Å². The van der Waals surface area contributed by atoms with Gasteiger partial charge in [0.2, 0.25) is 0 Å². The first-order valence-electron chi connectivity index (χ1n) is 4.35. The maximum Gasteiger partial charge on any atom is 0.167 e. The first-order valence-corrected chi connectivity index (χ1v) is 4.35. The van der Waals surface area contributed by atoms with Crippen LogP contribution in [0.1, 0.15) is 18.7 Å². The summed E-state index contributed by atoms with van der Waals surface area (Å²) in [6.45, 7) is 1.75. The lowest BCUT2D eigenvalue weighted by atomic mass is 10.0. The second-order valence-electron chi connectivity index (χ2n) is 3.38. The summed E-state index contributed by atoms with van der Waals surface area (Å²) in [4.78, 5) is 0. The molecule has 3 unspecified atom stereocenters. The molecule has 1 aliphatic rings. The van der Waals surface area contributed by atoms with Crippen molar-refractivity contribution in [1.82, 2.24) is 0 Å². The number of para-hydroxylation sites is 1. The molecule has 1 aliphatic heterocycles. The average Bonchev–Trinajstić information content (AvgIpc) is 2.45. The van der Waals surface area contributed by atoms with Gasteiger partial charge in [0.05, 0.1) is 0 Å². The van der Waals surface area contributed by atoms with Crippen molar-refractivity contribution in [1.29, 1.82) is 0 Å². The quantitative estimate of drug-likeness (QED) is 0.717. The van der Waals surface area contributed by atoms with E-state index in [2.05, 4.69) is 0 Å². The number of hydrogen-bond acceptors (Lipinski definition) is 2. The van der Waals surface area contributed by atoms with E-state index < -0.39 is 12.3 Å². The minimum atomic E-state index is -1.09. The molecule has 0 saturated carbocycles. The maximum absolute atomic E-state index is 13.6. The number of halogens is 1. The van der Waals surface area contributed by atoms with E-state index in [9.17, 15) is 4.39 Å². The van der Waals surface area contributed by atoms with Gasteiger partial charge in [-0.2, -0.15) is 0 Å². The van der Waals surface area contributed by atoms with Crippen molar-refractivity contribution in [2.75, 3.05) is 0 Å². The monoisotopic (exact) mass is 181 g/mol. The number of benzene rings is 1. The SMILES string of the molecule is CC(N)C1Oc2ccccc2C1F. The van der Waals surface area contributed by atoms with Crippen LogP contribution in [-0.2, 0) is 0 Å². The van der Waals surface area contributed by atoms with Gasteiger partial charge < -0.3 is 10.5 Å². The Morgan fingerprint density at radius 3 is 2.77 bits per heavy atom. The van der Waals surface area contributed by atoms with Crippen molar-refractivity contribution >= 4 is 0 Å². The van der Waals surface area contributed by atoms with Crippen LogP contribution >= 0.6 is 0 Å². The first-order chi connectivity index (χ1) is 6.20. The van der Waals surface area contributed by atoms with Gasteiger partial charge in [0, 0.05) is 11.6 Å². The molecule has 13 heavy (non-hydrogen) atoms. The van der Waals surface area contributed by atoms with E-state index in [1.54, 1.807) is 25.1 Å². The van der Waals surface area contributed by atoms with Crippen molar-refractivity contribution < 1.29 is 9.13 Å². The summed E-state index contributed by atoms with van der Waals surface area (Å²) in [5, 5.41) is 0. The van der Waals surface area contributed by atoms with E-state index in [0.29, 0.717) is 11.3 Å². The zero-order valence-corrected chi connectivity index (χ0v) is 7.41. The molecule has 0 saturated heterocycles. The highest BCUT2D eigenvalue weighted by Gasteiger charge is 2.36. The molecule has 2 rings (SSSR count). The molecular weight excluding hydrogens is 169 g/mol. The topological polar surface area (TPSA) is 35.2 Å². The third kappa shape index (κ3) is 1.29. The third-order valence-electron chi connectivity index (χ3n) is 2.29. The van der Waals surface area contributed by atoms with Crippen molar-refractivity contribution in [3.63, 3.8) is 0 Å². The Morgan fingerprint density at radius 1 is 1.46 bits per heavy atom. The van der Waals surface area contributed by atoms with Gasteiger partial charge in [0.15, 0.2) is 6.17 Å². The van der Waals surface area contributed by atoms with Gasteiger partial charge in [-0.15, -0.1) is 0 Å². The molecule has 3 atom stereocenters. The van der Waals surface area contributed by atoms with Crippen LogP contribution in [0.2, 0.25) is 0 Å². The summed E-state index contributed by atoms with van der Waals surface area (Å²) < 4.78 is 19.0. The summed E-state index contributed by atoms with van der Waals surface area (Å²) in [5.74, 6) is 0.623. The number of alkyl halides is 1. The zero-order chi connectivity index (χ0) is 9.42. The fourth-order valence-electron chi connectivity index (χ4n) is 1.57. The molecule has 2 N–H and O–H groups in total. The van der Waals surface area contributed by atoms with Crippen LogP contribution in [-0.4, -0.2) is 12.1 Å². The average molecular weight is 181 g/mol. The molecule has 70 valence electrons. The second kappa shape index (κ2) is 3.00. The summed E-state index contributed by atoms with van der Waals surface area (Å²) in [5.41, 5.74) is 6.22. The van der Waals surface area contributed by atoms with Gasteiger partial charge in [-0.1, -0.05) is 18.2 Å². The normalized spacial score (nSPS) is 27.9. The van der Waals surface area contributed by atoms with E-state index in [4.69, 9.17) is 10.5 Å². The van der Waals surface area contributed by atoms with E-state index >= 15 is 0 Å². The van der Waals surface area contributed by atoms with Crippen LogP contribution in [0.4, 0.5) is 4.39 Å². The Morgan fingerprint density at radius 2 is 2.15 bits per heavy atom. The fourth-order valence-corrected chi connectivity index (χ4v) is 1.57. The smallest absolute Gasteiger partial charge is 0.167 e. The summed E-state index contributed by atoms with van der Waals surface area (Å²) >= 11 is 0. The molecule has 0 amide bonds. The Bertz CT molecular complexity index is 314. The Kier molecular flexibility index (Phi) is 1.96. The molecule has 1 aromatic rings. The van der Waals surface area contributed by atoms with Crippen molar-refractivity contribution in [2.24, 2.45) is 5.73 Å². The lowest BCUT2D eigenvalue weighted by Crippen LogP contribution is -2.36. The summed E-state index contributed by atoms with van der Waals surface area (Å²) in [7, 11) is 0. The third-order valence-corrected chi connectivity index (χ3v) is 2.29. The highest BCUT2D eigenvalue weighted by atomic mass is 19.1. The zero-order valence-electron chi connectivity index (χ0n) is 7.41. The van der Waals surface area contributed by atoms with Gasteiger partial charge in [0.1, 0.15) is 11.9 Å². The van der Waals surface area contributed by atoms with E-state index in [-0.39, 0.29) is 6.04 Å². The molecule has 3 heteroatoms. The molecule has 0 aliphatic carbocycles. The number of nitrogens with two attached hydrogens (primary N) is 1. The molecule has 0 spiro atoms. The van der Waals surface area contributed by atoms with Gasteiger partial charge in [-0.25, -0.2) is 4.39 Å². The summed E-state index contributed by atoms with van der Waals surface area (Å²) in [6, 6.07) is 6.85. The number of rotatable bonds is 1. The second-order valence-corrected chi connectivity index (χ2v) is 3.38. The minimum absolute atomic E-state index is 0.289. The molecule has 1 aromatic carbocycles. The van der Waals surface area contributed by atoms with Crippen LogP contribution in [0, 0.1) is 0 Å². The minimum Gasteiger partial charge on any atom is -0.485 e. The fraction of sp³-hybridized carbons (Fsp3) is 0.400. The van der Waals surface area contributed by atoms with Crippen molar-refractivity contribution in [3.05, 3.63) is 29.8 Å². The predicted octanol–water partition coefficient (Wildman–Crippen LogP) is 1.81. The Labute approximate surface area is 76.5 Å². The molecule has 0 aromatic heterocycles. The highest BCUT2D eigenvalue weighted by Crippen LogP contribution is 2.39. The van der Waals surface area contributed by atoms with Crippen molar-refractivity contribution in [3.8, 4) is 5.75 Å². The lowest BCUT2D eigenvalue weighted by Gasteiger charge is -2.16. The van der Waals surface area contributed by atoms with E-state index in [1.165, 1.54) is 0 Å². The summed E-state index contributed by atoms with van der Waals surface area (Å²) in [6.07, 6.45) is -1.62. The highest BCUT2D eigenvalue weighted by molar-refractivity contribution is 5.39. The molecule has 0 bridgehead atoms. The van der Waals surface area contributed by atoms with Crippen LogP contribution in [0.3, 0.4) is 0 Å². The molecule has 0 radical (unpaired) electrons. The van der Waals surface area contributed by atoms with Gasteiger partial charge in [-0.3, -0.25) is 0 Å².